The molecule has 74 valence electrons. The van der Waals surface area contributed by atoms with Gasteiger partial charge in [-0.05, 0) is 18.8 Å². The summed E-state index contributed by atoms with van der Waals surface area (Å²) >= 11 is 0. The van der Waals surface area contributed by atoms with Gasteiger partial charge in [-0.3, -0.25) is 9.59 Å². The Morgan fingerprint density at radius 3 is 2.77 bits per heavy atom. The van der Waals surface area contributed by atoms with Gasteiger partial charge >= 0.3 is 5.97 Å². The number of carboxylic acid groups (broad SMARTS) is 1. The fraction of sp³-hybridized carbons (Fsp3) is 0.800. The Hall–Kier alpha value is -0.860. The highest BCUT2D eigenvalue weighted by Gasteiger charge is 2.39. The molecule has 0 aromatic carbocycles. The summed E-state index contributed by atoms with van der Waals surface area (Å²) in [6.45, 7) is 3.81. The van der Waals surface area contributed by atoms with Crippen LogP contribution in [-0.2, 0) is 9.59 Å². The number of aliphatic carboxylic acids is 1. The van der Waals surface area contributed by atoms with E-state index in [2.05, 4.69) is 0 Å². The number of rotatable bonds is 2. The second-order valence-corrected chi connectivity index (χ2v) is 4.40. The smallest absolute Gasteiger partial charge is 0.304 e. The lowest BCUT2D eigenvalue weighted by molar-refractivity contribution is -0.146. The van der Waals surface area contributed by atoms with Gasteiger partial charge in [-0.15, -0.1) is 0 Å². The van der Waals surface area contributed by atoms with E-state index in [1.54, 1.807) is 6.92 Å². The van der Waals surface area contributed by atoms with E-state index >= 15 is 0 Å². The summed E-state index contributed by atoms with van der Waals surface area (Å²) in [6.07, 6.45) is 2.22. The standard InChI is InChI=1S/C10H16O3/c1-7-3-4-10(2,6-9(12)13)8(11)5-7/h7H,3-6H2,1-2H3,(H,12,13). The largest absolute Gasteiger partial charge is 0.481 e. The van der Waals surface area contributed by atoms with Crippen molar-refractivity contribution in [2.75, 3.05) is 0 Å². The average Bonchev–Trinajstić information content (AvgIpc) is 1.97. The quantitative estimate of drug-likeness (QED) is 0.712. The van der Waals surface area contributed by atoms with Gasteiger partial charge in [0.1, 0.15) is 5.78 Å². The zero-order valence-electron chi connectivity index (χ0n) is 8.17. The maximum absolute atomic E-state index is 11.6. The van der Waals surface area contributed by atoms with Crippen LogP contribution in [0.2, 0.25) is 0 Å². The molecule has 3 nitrogen and oxygen atoms in total. The van der Waals surface area contributed by atoms with Crippen molar-refractivity contribution in [1.82, 2.24) is 0 Å². The molecule has 13 heavy (non-hydrogen) atoms. The Morgan fingerprint density at radius 2 is 2.31 bits per heavy atom. The lowest BCUT2D eigenvalue weighted by Crippen LogP contribution is -2.35. The highest BCUT2D eigenvalue weighted by Crippen LogP contribution is 2.38. The third-order valence-electron chi connectivity index (χ3n) is 2.94. The number of hydrogen-bond donors (Lipinski definition) is 1. The first-order valence-electron chi connectivity index (χ1n) is 4.69. The lowest BCUT2D eigenvalue weighted by Gasteiger charge is -2.33. The minimum atomic E-state index is -0.870. The summed E-state index contributed by atoms with van der Waals surface area (Å²) in [6, 6.07) is 0. The molecule has 1 rings (SSSR count). The fourth-order valence-corrected chi connectivity index (χ4v) is 1.89. The Balaban J connectivity index is 2.67. The van der Waals surface area contributed by atoms with Crippen molar-refractivity contribution in [3.63, 3.8) is 0 Å². The number of carbonyl (C=O) groups excluding carboxylic acids is 1. The van der Waals surface area contributed by atoms with Crippen LogP contribution in [0.1, 0.15) is 39.5 Å². The lowest BCUT2D eigenvalue weighted by atomic mass is 9.69. The summed E-state index contributed by atoms with van der Waals surface area (Å²) in [5.74, 6) is -0.326. The zero-order valence-corrected chi connectivity index (χ0v) is 8.17. The van der Waals surface area contributed by atoms with Crippen LogP contribution >= 0.6 is 0 Å². The molecule has 0 radical (unpaired) electrons. The predicted molar refractivity (Wildman–Crippen MR) is 48.4 cm³/mol. The molecule has 0 aromatic heterocycles. The molecule has 0 aromatic rings. The van der Waals surface area contributed by atoms with Crippen molar-refractivity contribution < 1.29 is 14.7 Å². The molecule has 3 heteroatoms. The van der Waals surface area contributed by atoms with Gasteiger partial charge in [-0.1, -0.05) is 13.8 Å². The maximum Gasteiger partial charge on any atom is 0.304 e. The molecule has 1 N–H and O–H groups in total. The van der Waals surface area contributed by atoms with Crippen molar-refractivity contribution in [3.8, 4) is 0 Å². The number of carbonyl (C=O) groups is 2. The first-order chi connectivity index (χ1) is 5.94. The number of ketones is 1. The summed E-state index contributed by atoms with van der Waals surface area (Å²) in [5, 5.41) is 8.66. The molecule has 1 aliphatic rings. The zero-order chi connectivity index (χ0) is 10.1. The molecule has 0 heterocycles. The molecule has 0 aliphatic heterocycles. The first kappa shape index (κ1) is 10.2. The minimum Gasteiger partial charge on any atom is -0.481 e. The van der Waals surface area contributed by atoms with Crippen LogP contribution in [0.15, 0.2) is 0 Å². The van der Waals surface area contributed by atoms with E-state index in [-0.39, 0.29) is 12.2 Å². The summed E-state index contributed by atoms with van der Waals surface area (Å²) in [5.41, 5.74) is -0.599. The van der Waals surface area contributed by atoms with E-state index in [4.69, 9.17) is 5.11 Å². The predicted octanol–water partition coefficient (Wildman–Crippen LogP) is 1.86. The van der Waals surface area contributed by atoms with E-state index in [0.29, 0.717) is 12.3 Å². The molecular weight excluding hydrogens is 168 g/mol. The van der Waals surface area contributed by atoms with Gasteiger partial charge < -0.3 is 5.11 Å². The highest BCUT2D eigenvalue weighted by atomic mass is 16.4. The molecule has 1 saturated carbocycles. The van der Waals surface area contributed by atoms with E-state index < -0.39 is 11.4 Å². The third kappa shape index (κ3) is 2.29. The molecule has 0 saturated heterocycles. The SMILES string of the molecule is CC1CCC(C)(CC(=O)O)C(=O)C1. The van der Waals surface area contributed by atoms with Gasteiger partial charge in [-0.2, -0.15) is 0 Å². The number of hydrogen-bond acceptors (Lipinski definition) is 2. The third-order valence-corrected chi connectivity index (χ3v) is 2.94. The van der Waals surface area contributed by atoms with Gasteiger partial charge in [0.15, 0.2) is 0 Å². The van der Waals surface area contributed by atoms with Gasteiger partial charge in [0.05, 0.1) is 6.42 Å². The second-order valence-electron chi connectivity index (χ2n) is 4.40. The summed E-state index contributed by atoms with van der Waals surface area (Å²) in [7, 11) is 0. The Bertz CT molecular complexity index is 234. The molecule has 0 bridgehead atoms. The second kappa shape index (κ2) is 3.48. The normalized spacial score (nSPS) is 34.6. The fourth-order valence-electron chi connectivity index (χ4n) is 1.89. The van der Waals surface area contributed by atoms with Crippen LogP contribution in [0.4, 0.5) is 0 Å². The molecular formula is C10H16O3. The molecule has 2 atom stereocenters. The Kier molecular flexibility index (Phi) is 2.74. The van der Waals surface area contributed by atoms with Crippen molar-refractivity contribution in [2.45, 2.75) is 39.5 Å². The van der Waals surface area contributed by atoms with Gasteiger partial charge in [0, 0.05) is 11.8 Å². The molecule has 0 amide bonds. The molecule has 2 unspecified atom stereocenters. The van der Waals surface area contributed by atoms with Crippen molar-refractivity contribution in [2.24, 2.45) is 11.3 Å². The number of Topliss-reactive ketones (excluding diaryl/α,β-unsaturated/α-hetero) is 1. The monoisotopic (exact) mass is 184 g/mol. The topological polar surface area (TPSA) is 54.4 Å². The van der Waals surface area contributed by atoms with E-state index in [0.717, 1.165) is 12.8 Å². The maximum atomic E-state index is 11.6. The minimum absolute atomic E-state index is 0.0153. The van der Waals surface area contributed by atoms with Crippen LogP contribution < -0.4 is 0 Å². The van der Waals surface area contributed by atoms with E-state index in [1.807, 2.05) is 6.92 Å². The van der Waals surface area contributed by atoms with Gasteiger partial charge in [-0.25, -0.2) is 0 Å². The van der Waals surface area contributed by atoms with Gasteiger partial charge in [0.25, 0.3) is 0 Å². The molecule has 0 spiro atoms. The van der Waals surface area contributed by atoms with E-state index in [1.165, 1.54) is 0 Å². The Morgan fingerprint density at radius 1 is 1.69 bits per heavy atom. The van der Waals surface area contributed by atoms with Crippen molar-refractivity contribution in [1.29, 1.82) is 0 Å². The van der Waals surface area contributed by atoms with Crippen molar-refractivity contribution >= 4 is 11.8 Å². The summed E-state index contributed by atoms with van der Waals surface area (Å²) in [4.78, 5) is 22.1. The average molecular weight is 184 g/mol. The van der Waals surface area contributed by atoms with E-state index in [9.17, 15) is 9.59 Å². The first-order valence-corrected chi connectivity index (χ1v) is 4.69. The van der Waals surface area contributed by atoms with Crippen LogP contribution in [0.3, 0.4) is 0 Å². The van der Waals surface area contributed by atoms with Crippen LogP contribution in [0, 0.1) is 11.3 Å². The number of carboxylic acids is 1. The summed E-state index contributed by atoms with van der Waals surface area (Å²) < 4.78 is 0. The Labute approximate surface area is 78.1 Å². The van der Waals surface area contributed by atoms with Crippen LogP contribution in [0.5, 0.6) is 0 Å². The molecule has 1 aliphatic carbocycles. The molecule has 1 fully saturated rings. The van der Waals surface area contributed by atoms with Crippen LogP contribution in [-0.4, -0.2) is 16.9 Å². The van der Waals surface area contributed by atoms with Crippen molar-refractivity contribution in [3.05, 3.63) is 0 Å². The van der Waals surface area contributed by atoms with Gasteiger partial charge in [0.2, 0.25) is 0 Å². The van der Waals surface area contributed by atoms with Crippen LogP contribution in [0.25, 0.3) is 0 Å². The highest BCUT2D eigenvalue weighted by molar-refractivity contribution is 5.88.